The van der Waals surface area contributed by atoms with E-state index in [1.165, 1.54) is 12.2 Å². The van der Waals surface area contributed by atoms with Crippen molar-refractivity contribution in [2.75, 3.05) is 7.11 Å². The third-order valence-electron chi connectivity index (χ3n) is 5.87. The van der Waals surface area contributed by atoms with Gasteiger partial charge in [0.15, 0.2) is 0 Å². The lowest BCUT2D eigenvalue weighted by atomic mass is 10.00. The summed E-state index contributed by atoms with van der Waals surface area (Å²) in [5.74, 6) is 0.00343. The van der Waals surface area contributed by atoms with Gasteiger partial charge in [-0.15, -0.1) is 0 Å². The lowest BCUT2D eigenvalue weighted by Gasteiger charge is -2.47. The first-order valence-electron chi connectivity index (χ1n) is 8.72. The highest BCUT2D eigenvalue weighted by atomic mass is 28.3. The van der Waals surface area contributed by atoms with Crippen LogP contribution in [0, 0.1) is 0 Å². The smallest absolute Gasteiger partial charge is 0.246 e. The third-order valence-corrected chi connectivity index (χ3v) is 13.4. The Kier molecular flexibility index (Phi) is 7.08. The number of carbonyl (C=O) groups is 1. The first kappa shape index (κ1) is 19.7. The van der Waals surface area contributed by atoms with Crippen LogP contribution in [0.1, 0.15) is 60.8 Å². The molecule has 1 heterocycles. The van der Waals surface area contributed by atoms with E-state index < -0.39 is 14.2 Å². The van der Waals surface area contributed by atoms with Gasteiger partial charge >= 0.3 is 0 Å². The topological polar surface area (TPSA) is 49.8 Å². The van der Waals surface area contributed by atoms with Crippen LogP contribution in [0.5, 0.6) is 0 Å². The maximum absolute atomic E-state index is 12.0. The molecular weight excluding hydrogens is 294 g/mol. The standard InChI is InChI=1S/C17H35NO3Si/c1-12(2)22(13(3)4,14(5)6)11-16(19)15-9-8-10-17(20)18(15)21-7/h12-16,19H,8-11H2,1-7H3/t15-,16+/m0/s1. The molecule has 1 aliphatic rings. The molecule has 0 aliphatic carbocycles. The van der Waals surface area contributed by atoms with E-state index in [0.29, 0.717) is 23.0 Å². The summed E-state index contributed by atoms with van der Waals surface area (Å²) < 4.78 is 0. The summed E-state index contributed by atoms with van der Waals surface area (Å²) in [5.41, 5.74) is 1.83. The Hall–Kier alpha value is -0.393. The number of carbonyl (C=O) groups excluding carboxylic acids is 1. The Balaban J connectivity index is 2.99. The molecule has 1 saturated heterocycles. The molecule has 0 radical (unpaired) electrons. The third kappa shape index (κ3) is 3.74. The van der Waals surface area contributed by atoms with Gasteiger partial charge in [0.25, 0.3) is 0 Å². The van der Waals surface area contributed by atoms with Crippen LogP contribution in [0.3, 0.4) is 0 Å². The van der Waals surface area contributed by atoms with Gasteiger partial charge in [-0.2, -0.15) is 0 Å². The highest BCUT2D eigenvalue weighted by molar-refractivity contribution is 6.83. The highest BCUT2D eigenvalue weighted by Gasteiger charge is 2.46. The number of amides is 1. The predicted molar refractivity (Wildman–Crippen MR) is 93.4 cm³/mol. The minimum Gasteiger partial charge on any atom is -0.391 e. The van der Waals surface area contributed by atoms with E-state index in [4.69, 9.17) is 4.84 Å². The average Bonchev–Trinajstić information content (AvgIpc) is 2.42. The van der Waals surface area contributed by atoms with E-state index in [0.717, 1.165) is 18.9 Å². The molecule has 5 heteroatoms. The molecule has 0 bridgehead atoms. The minimum absolute atomic E-state index is 0.00343. The van der Waals surface area contributed by atoms with Crippen LogP contribution in [0.4, 0.5) is 0 Å². The van der Waals surface area contributed by atoms with Gasteiger partial charge in [-0.05, 0) is 18.9 Å². The molecule has 1 rings (SSSR count). The van der Waals surface area contributed by atoms with Crippen molar-refractivity contribution in [3.8, 4) is 0 Å². The van der Waals surface area contributed by atoms with E-state index in [-0.39, 0.29) is 11.9 Å². The largest absolute Gasteiger partial charge is 0.391 e. The number of piperidine rings is 1. The van der Waals surface area contributed by atoms with Crippen molar-refractivity contribution in [1.82, 2.24) is 5.06 Å². The number of rotatable bonds is 7. The maximum Gasteiger partial charge on any atom is 0.246 e. The molecule has 1 amide bonds. The summed E-state index contributed by atoms with van der Waals surface area (Å²) in [4.78, 5) is 17.3. The van der Waals surface area contributed by atoms with Crippen LogP contribution < -0.4 is 0 Å². The highest BCUT2D eigenvalue weighted by Crippen LogP contribution is 2.46. The molecule has 1 N–H and O–H groups in total. The summed E-state index contributed by atoms with van der Waals surface area (Å²) in [7, 11) is -0.154. The van der Waals surface area contributed by atoms with E-state index in [1.54, 1.807) is 0 Å². The first-order chi connectivity index (χ1) is 10.2. The Morgan fingerprint density at radius 3 is 2.09 bits per heavy atom. The van der Waals surface area contributed by atoms with E-state index in [2.05, 4.69) is 41.5 Å². The SMILES string of the molecule is CON1C(=O)CCC[C@H]1[C@H](O)C[Si](C(C)C)(C(C)C)C(C)C. The number of nitrogens with zero attached hydrogens (tertiary/aromatic N) is 1. The molecule has 22 heavy (non-hydrogen) atoms. The van der Waals surface area contributed by atoms with Crippen LogP contribution in [0.25, 0.3) is 0 Å². The number of aliphatic hydroxyl groups excluding tert-OH is 1. The second-order valence-corrected chi connectivity index (χ2v) is 13.8. The van der Waals surface area contributed by atoms with Crippen molar-refractivity contribution in [3.63, 3.8) is 0 Å². The summed E-state index contributed by atoms with van der Waals surface area (Å²) in [6.45, 7) is 13.8. The first-order valence-corrected chi connectivity index (χ1v) is 11.2. The molecule has 0 aromatic rings. The van der Waals surface area contributed by atoms with Gasteiger partial charge in [-0.1, -0.05) is 58.2 Å². The molecule has 0 unspecified atom stereocenters. The maximum atomic E-state index is 12.0. The predicted octanol–water partition coefficient (Wildman–Crippen LogP) is 3.97. The Morgan fingerprint density at radius 1 is 1.18 bits per heavy atom. The zero-order valence-corrected chi connectivity index (χ0v) is 16.4. The van der Waals surface area contributed by atoms with Crippen molar-refractivity contribution in [3.05, 3.63) is 0 Å². The second kappa shape index (κ2) is 7.93. The normalized spacial score (nSPS) is 22.0. The number of hydrogen-bond donors (Lipinski definition) is 1. The van der Waals surface area contributed by atoms with Crippen LogP contribution in [0.2, 0.25) is 22.7 Å². The summed E-state index contributed by atoms with van der Waals surface area (Å²) in [6.07, 6.45) is 1.72. The van der Waals surface area contributed by atoms with Gasteiger partial charge in [-0.25, -0.2) is 5.06 Å². The van der Waals surface area contributed by atoms with Gasteiger partial charge in [0, 0.05) is 6.42 Å². The molecule has 0 saturated carbocycles. The van der Waals surface area contributed by atoms with Gasteiger partial charge in [0.05, 0.1) is 27.3 Å². The fourth-order valence-electron chi connectivity index (χ4n) is 4.67. The fourth-order valence-corrected chi connectivity index (χ4v) is 11.1. The van der Waals surface area contributed by atoms with Crippen molar-refractivity contribution >= 4 is 14.0 Å². The van der Waals surface area contributed by atoms with Gasteiger partial charge in [0.1, 0.15) is 0 Å². The van der Waals surface area contributed by atoms with Crippen molar-refractivity contribution in [1.29, 1.82) is 0 Å². The lowest BCUT2D eigenvalue weighted by molar-refractivity contribution is -0.205. The fraction of sp³-hybridized carbons (Fsp3) is 0.941. The summed E-state index contributed by atoms with van der Waals surface area (Å²) >= 11 is 0. The van der Waals surface area contributed by atoms with Crippen molar-refractivity contribution in [2.45, 2.75) is 95.6 Å². The van der Waals surface area contributed by atoms with E-state index in [1.807, 2.05) is 0 Å². The average molecular weight is 330 g/mol. The Bertz CT molecular complexity index is 349. The monoisotopic (exact) mass is 329 g/mol. The quantitative estimate of drug-likeness (QED) is 0.719. The van der Waals surface area contributed by atoms with E-state index in [9.17, 15) is 9.90 Å². The number of aliphatic hydroxyl groups is 1. The summed E-state index contributed by atoms with van der Waals surface area (Å²) in [5, 5.41) is 12.4. The Labute approximate surface area is 137 Å². The minimum atomic E-state index is -1.68. The molecule has 0 spiro atoms. The zero-order valence-electron chi connectivity index (χ0n) is 15.4. The van der Waals surface area contributed by atoms with Gasteiger partial charge in [0.2, 0.25) is 5.91 Å². The molecule has 2 atom stereocenters. The van der Waals surface area contributed by atoms with Crippen molar-refractivity contribution in [2.24, 2.45) is 0 Å². The second-order valence-electron chi connectivity index (χ2n) is 7.71. The number of hydrogen-bond acceptors (Lipinski definition) is 3. The van der Waals surface area contributed by atoms with Crippen molar-refractivity contribution < 1.29 is 14.7 Å². The van der Waals surface area contributed by atoms with Gasteiger partial charge < -0.3 is 5.11 Å². The van der Waals surface area contributed by atoms with Crippen LogP contribution in [-0.4, -0.2) is 43.4 Å². The molecule has 130 valence electrons. The molecule has 1 aliphatic heterocycles. The Morgan fingerprint density at radius 2 is 1.68 bits per heavy atom. The molecule has 0 aromatic carbocycles. The van der Waals surface area contributed by atoms with E-state index >= 15 is 0 Å². The molecule has 0 aromatic heterocycles. The van der Waals surface area contributed by atoms with Gasteiger partial charge in [-0.3, -0.25) is 9.63 Å². The van der Waals surface area contributed by atoms with Crippen LogP contribution in [0.15, 0.2) is 0 Å². The molecule has 1 fully saturated rings. The zero-order chi connectivity index (χ0) is 17.1. The lowest BCUT2D eigenvalue weighted by Crippen LogP contribution is -2.54. The summed E-state index contributed by atoms with van der Waals surface area (Å²) in [6, 6.07) is 0.659. The molecular formula is C17H35NO3Si. The van der Waals surface area contributed by atoms with Crippen LogP contribution in [-0.2, 0) is 9.63 Å². The number of hydroxylamine groups is 2. The van der Waals surface area contributed by atoms with Crippen LogP contribution >= 0.6 is 0 Å². The molecule has 4 nitrogen and oxygen atoms in total.